The summed E-state index contributed by atoms with van der Waals surface area (Å²) in [6.45, 7) is 5.38. The third-order valence-electron chi connectivity index (χ3n) is 2.76. The molecule has 1 amide bonds. The molecule has 0 aliphatic heterocycles. The van der Waals surface area contributed by atoms with Gasteiger partial charge < -0.3 is 20.5 Å². The molecule has 0 saturated carbocycles. The fraction of sp³-hybridized carbons (Fsp3) is 0.429. The SMILES string of the molecule is CCOC(=O)CN(C(=O)c1cc(O)ccc1N)C(C)C. The van der Waals surface area contributed by atoms with Crippen molar-refractivity contribution in [2.45, 2.75) is 26.8 Å². The molecule has 6 heteroatoms. The minimum atomic E-state index is -0.478. The number of anilines is 1. The summed E-state index contributed by atoms with van der Waals surface area (Å²) in [5, 5.41) is 9.45. The zero-order valence-corrected chi connectivity index (χ0v) is 11.9. The second-order valence-corrected chi connectivity index (χ2v) is 4.60. The van der Waals surface area contributed by atoms with Gasteiger partial charge in [-0.2, -0.15) is 0 Å². The minimum Gasteiger partial charge on any atom is -0.508 e. The highest BCUT2D eigenvalue weighted by Crippen LogP contribution is 2.21. The molecule has 0 unspecified atom stereocenters. The van der Waals surface area contributed by atoms with Crippen LogP contribution in [0.5, 0.6) is 5.75 Å². The number of hydrogen-bond acceptors (Lipinski definition) is 5. The molecule has 0 aromatic heterocycles. The first-order chi connectivity index (χ1) is 9.36. The maximum Gasteiger partial charge on any atom is 0.325 e. The number of benzene rings is 1. The van der Waals surface area contributed by atoms with E-state index in [2.05, 4.69) is 0 Å². The van der Waals surface area contributed by atoms with Gasteiger partial charge in [-0.15, -0.1) is 0 Å². The summed E-state index contributed by atoms with van der Waals surface area (Å²) in [6, 6.07) is 3.94. The Morgan fingerprint density at radius 3 is 2.60 bits per heavy atom. The molecule has 0 saturated heterocycles. The fourth-order valence-corrected chi connectivity index (χ4v) is 1.72. The molecule has 110 valence electrons. The summed E-state index contributed by atoms with van der Waals surface area (Å²) in [5.41, 5.74) is 6.16. The van der Waals surface area contributed by atoms with Crippen LogP contribution in [0.25, 0.3) is 0 Å². The van der Waals surface area contributed by atoms with E-state index in [1.807, 2.05) is 0 Å². The van der Waals surface area contributed by atoms with Crippen LogP contribution in [0.1, 0.15) is 31.1 Å². The van der Waals surface area contributed by atoms with Gasteiger partial charge in [-0.3, -0.25) is 9.59 Å². The Balaban J connectivity index is 2.99. The largest absolute Gasteiger partial charge is 0.508 e. The second kappa shape index (κ2) is 6.79. The normalized spacial score (nSPS) is 10.4. The lowest BCUT2D eigenvalue weighted by molar-refractivity contribution is -0.144. The number of aromatic hydroxyl groups is 1. The molecule has 0 fully saturated rings. The highest BCUT2D eigenvalue weighted by Gasteiger charge is 2.24. The van der Waals surface area contributed by atoms with Crippen LogP contribution in [0.2, 0.25) is 0 Å². The van der Waals surface area contributed by atoms with Gasteiger partial charge in [0.15, 0.2) is 0 Å². The molecule has 1 aromatic rings. The van der Waals surface area contributed by atoms with Crippen LogP contribution in [-0.2, 0) is 9.53 Å². The van der Waals surface area contributed by atoms with Gasteiger partial charge in [0.1, 0.15) is 12.3 Å². The summed E-state index contributed by atoms with van der Waals surface area (Å²) < 4.78 is 4.85. The van der Waals surface area contributed by atoms with E-state index in [0.717, 1.165) is 0 Å². The van der Waals surface area contributed by atoms with E-state index in [4.69, 9.17) is 10.5 Å². The molecule has 1 rings (SSSR count). The molecule has 0 aliphatic rings. The Bertz CT molecular complexity index is 500. The lowest BCUT2D eigenvalue weighted by atomic mass is 10.1. The number of hydrogen-bond donors (Lipinski definition) is 2. The highest BCUT2D eigenvalue weighted by molar-refractivity contribution is 6.00. The molecule has 1 aromatic carbocycles. The maximum absolute atomic E-state index is 12.4. The van der Waals surface area contributed by atoms with E-state index in [-0.39, 0.29) is 36.2 Å². The molecule has 0 spiro atoms. The molecule has 6 nitrogen and oxygen atoms in total. The Kier molecular flexibility index (Phi) is 5.37. The Morgan fingerprint density at radius 2 is 2.05 bits per heavy atom. The number of nitrogens with zero attached hydrogens (tertiary/aromatic N) is 1. The third kappa shape index (κ3) is 3.88. The van der Waals surface area contributed by atoms with Crippen LogP contribution in [0, 0.1) is 0 Å². The maximum atomic E-state index is 12.4. The van der Waals surface area contributed by atoms with Crippen molar-refractivity contribution in [2.24, 2.45) is 0 Å². The zero-order chi connectivity index (χ0) is 15.3. The number of esters is 1. The summed E-state index contributed by atoms with van der Waals surface area (Å²) in [7, 11) is 0. The van der Waals surface area contributed by atoms with E-state index < -0.39 is 11.9 Å². The molecular weight excluding hydrogens is 260 g/mol. The standard InChI is InChI=1S/C14H20N2O4/c1-4-20-13(18)8-16(9(2)3)14(19)11-7-10(17)5-6-12(11)15/h5-7,9,17H,4,8,15H2,1-3H3. The molecule has 0 radical (unpaired) electrons. The van der Waals surface area contributed by atoms with Crippen molar-refractivity contribution in [2.75, 3.05) is 18.9 Å². The predicted octanol–water partition coefficient (Wildman–Crippen LogP) is 1.39. The van der Waals surface area contributed by atoms with Gasteiger partial charge >= 0.3 is 5.97 Å². The first-order valence-corrected chi connectivity index (χ1v) is 6.41. The quantitative estimate of drug-likeness (QED) is 0.483. The van der Waals surface area contributed by atoms with Crippen molar-refractivity contribution in [3.63, 3.8) is 0 Å². The van der Waals surface area contributed by atoms with Crippen molar-refractivity contribution in [1.29, 1.82) is 0 Å². The average molecular weight is 280 g/mol. The molecule has 20 heavy (non-hydrogen) atoms. The van der Waals surface area contributed by atoms with E-state index in [1.165, 1.54) is 23.1 Å². The summed E-state index contributed by atoms with van der Waals surface area (Å²) >= 11 is 0. The van der Waals surface area contributed by atoms with Gasteiger partial charge in [0.05, 0.1) is 12.2 Å². The van der Waals surface area contributed by atoms with Gasteiger partial charge in [-0.1, -0.05) is 0 Å². The van der Waals surface area contributed by atoms with Gasteiger partial charge in [-0.05, 0) is 39.0 Å². The van der Waals surface area contributed by atoms with Crippen LogP contribution in [0.4, 0.5) is 5.69 Å². The zero-order valence-electron chi connectivity index (χ0n) is 11.9. The second-order valence-electron chi connectivity index (χ2n) is 4.60. The van der Waals surface area contributed by atoms with E-state index in [9.17, 15) is 14.7 Å². The van der Waals surface area contributed by atoms with E-state index >= 15 is 0 Å². The van der Waals surface area contributed by atoms with Crippen molar-refractivity contribution in [3.8, 4) is 5.75 Å². The van der Waals surface area contributed by atoms with Crippen LogP contribution in [0.3, 0.4) is 0 Å². The fourth-order valence-electron chi connectivity index (χ4n) is 1.72. The van der Waals surface area contributed by atoms with Crippen molar-refractivity contribution in [1.82, 2.24) is 4.90 Å². The lowest BCUT2D eigenvalue weighted by Crippen LogP contribution is -2.41. The van der Waals surface area contributed by atoms with Gasteiger partial charge in [-0.25, -0.2) is 0 Å². The number of carbonyl (C=O) groups excluding carboxylic acids is 2. The van der Waals surface area contributed by atoms with Gasteiger partial charge in [0.2, 0.25) is 0 Å². The van der Waals surface area contributed by atoms with Crippen molar-refractivity contribution >= 4 is 17.6 Å². The number of phenols is 1. The average Bonchev–Trinajstić information content (AvgIpc) is 2.38. The monoisotopic (exact) mass is 280 g/mol. The number of carbonyl (C=O) groups is 2. The Morgan fingerprint density at radius 1 is 1.40 bits per heavy atom. The van der Waals surface area contributed by atoms with Crippen LogP contribution in [-0.4, -0.2) is 41.1 Å². The molecule has 0 heterocycles. The summed E-state index contributed by atoms with van der Waals surface area (Å²) in [4.78, 5) is 25.3. The van der Waals surface area contributed by atoms with E-state index in [0.29, 0.717) is 0 Å². The molecule has 0 atom stereocenters. The van der Waals surface area contributed by atoms with E-state index in [1.54, 1.807) is 20.8 Å². The Labute approximate surface area is 118 Å². The first-order valence-electron chi connectivity index (χ1n) is 6.41. The van der Waals surface area contributed by atoms with Crippen LogP contribution < -0.4 is 5.73 Å². The van der Waals surface area contributed by atoms with Crippen LogP contribution >= 0.6 is 0 Å². The first kappa shape index (κ1) is 15.8. The van der Waals surface area contributed by atoms with Crippen molar-refractivity contribution < 1.29 is 19.4 Å². The highest BCUT2D eigenvalue weighted by atomic mass is 16.5. The number of nitrogens with two attached hydrogens (primary N) is 1. The number of rotatable bonds is 5. The minimum absolute atomic E-state index is 0.0533. The Hall–Kier alpha value is -2.24. The van der Waals surface area contributed by atoms with Crippen LogP contribution in [0.15, 0.2) is 18.2 Å². The lowest BCUT2D eigenvalue weighted by Gasteiger charge is -2.26. The molecule has 0 aliphatic carbocycles. The van der Waals surface area contributed by atoms with Gasteiger partial charge in [0.25, 0.3) is 5.91 Å². The summed E-state index contributed by atoms with van der Waals surface area (Å²) in [6.07, 6.45) is 0. The number of nitrogen functional groups attached to an aromatic ring is 1. The topological polar surface area (TPSA) is 92.9 Å². The predicted molar refractivity (Wildman–Crippen MR) is 75.3 cm³/mol. The summed E-state index contributed by atoms with van der Waals surface area (Å²) in [5.74, 6) is -0.947. The van der Waals surface area contributed by atoms with Gasteiger partial charge in [0, 0.05) is 11.7 Å². The molecular formula is C14H20N2O4. The number of phenolic OH excluding ortho intramolecular Hbond substituents is 1. The van der Waals surface area contributed by atoms with Crippen molar-refractivity contribution in [3.05, 3.63) is 23.8 Å². The third-order valence-corrected chi connectivity index (χ3v) is 2.76. The molecule has 0 bridgehead atoms. The smallest absolute Gasteiger partial charge is 0.325 e. The number of ether oxygens (including phenoxy) is 1. The number of amides is 1. The molecule has 3 N–H and O–H groups in total.